The van der Waals surface area contributed by atoms with E-state index < -0.39 is 12.4 Å². The van der Waals surface area contributed by atoms with Gasteiger partial charge in [-0.25, -0.2) is 8.78 Å². The Kier molecular flexibility index (Phi) is 6.34. The standard InChI is InChI=1S/C17H24F2N2O/c18-14-6-8-16(9-7-14)21-17(10-11-17)20-12-4-2-1-3-5-15(19)13-22/h5-9,20-22H,1-4,10-13H2/b15-5-. The van der Waals surface area contributed by atoms with Crippen molar-refractivity contribution in [1.82, 2.24) is 5.32 Å². The van der Waals surface area contributed by atoms with Crippen LogP contribution in [-0.4, -0.2) is 23.9 Å². The number of unbranched alkanes of at least 4 members (excludes halogenated alkanes) is 3. The van der Waals surface area contributed by atoms with Gasteiger partial charge in [-0.1, -0.05) is 12.5 Å². The Balaban J connectivity index is 1.59. The summed E-state index contributed by atoms with van der Waals surface area (Å²) in [5.41, 5.74) is 0.886. The van der Waals surface area contributed by atoms with Gasteiger partial charge >= 0.3 is 0 Å². The van der Waals surface area contributed by atoms with Crippen molar-refractivity contribution in [2.24, 2.45) is 0 Å². The van der Waals surface area contributed by atoms with Gasteiger partial charge in [-0.3, -0.25) is 5.32 Å². The van der Waals surface area contributed by atoms with Gasteiger partial charge in [0.2, 0.25) is 0 Å². The number of nitrogens with one attached hydrogen (secondary N) is 2. The van der Waals surface area contributed by atoms with Gasteiger partial charge in [-0.05, 0) is 62.9 Å². The molecule has 0 atom stereocenters. The van der Waals surface area contributed by atoms with Crippen molar-refractivity contribution in [3.05, 3.63) is 42.0 Å². The van der Waals surface area contributed by atoms with Crippen molar-refractivity contribution in [2.45, 2.75) is 44.2 Å². The van der Waals surface area contributed by atoms with Crippen LogP contribution in [-0.2, 0) is 0 Å². The van der Waals surface area contributed by atoms with E-state index in [-0.39, 0.29) is 11.5 Å². The van der Waals surface area contributed by atoms with Crippen molar-refractivity contribution in [3.8, 4) is 0 Å². The number of rotatable bonds is 10. The number of allylic oxidation sites excluding steroid dienone is 1. The van der Waals surface area contributed by atoms with Crippen LogP contribution in [0.15, 0.2) is 36.2 Å². The van der Waals surface area contributed by atoms with E-state index in [4.69, 9.17) is 5.11 Å². The highest BCUT2D eigenvalue weighted by Crippen LogP contribution is 2.36. The molecule has 0 bridgehead atoms. The van der Waals surface area contributed by atoms with Crippen LogP contribution >= 0.6 is 0 Å². The van der Waals surface area contributed by atoms with Crippen LogP contribution in [0.3, 0.4) is 0 Å². The smallest absolute Gasteiger partial charge is 0.123 e. The zero-order chi connectivity index (χ0) is 15.8. The number of hydrogen-bond donors (Lipinski definition) is 3. The minimum absolute atomic E-state index is 0.0409. The first kappa shape index (κ1) is 16.9. The molecule has 5 heteroatoms. The van der Waals surface area contributed by atoms with Crippen molar-refractivity contribution < 1.29 is 13.9 Å². The SMILES string of the molecule is OC/C(F)=C/CCCCCNC1(Nc2ccc(F)cc2)CC1. The third-order valence-corrected chi connectivity index (χ3v) is 3.84. The summed E-state index contributed by atoms with van der Waals surface area (Å²) in [6.07, 6.45) is 7.23. The average molecular weight is 310 g/mol. The Morgan fingerprint density at radius 1 is 1.18 bits per heavy atom. The maximum Gasteiger partial charge on any atom is 0.123 e. The summed E-state index contributed by atoms with van der Waals surface area (Å²) in [4.78, 5) is 0. The summed E-state index contributed by atoms with van der Waals surface area (Å²) < 4.78 is 25.5. The second kappa shape index (κ2) is 8.25. The minimum Gasteiger partial charge on any atom is -0.389 e. The van der Waals surface area contributed by atoms with Gasteiger partial charge < -0.3 is 10.4 Å². The van der Waals surface area contributed by atoms with E-state index in [0.717, 1.165) is 44.3 Å². The Morgan fingerprint density at radius 3 is 2.55 bits per heavy atom. The van der Waals surface area contributed by atoms with E-state index in [1.807, 2.05) is 0 Å². The lowest BCUT2D eigenvalue weighted by atomic mass is 10.2. The Bertz CT molecular complexity index is 484. The third-order valence-electron chi connectivity index (χ3n) is 3.84. The fraction of sp³-hybridized carbons (Fsp3) is 0.529. The van der Waals surface area contributed by atoms with E-state index in [9.17, 15) is 8.78 Å². The van der Waals surface area contributed by atoms with Crippen molar-refractivity contribution in [3.63, 3.8) is 0 Å². The summed E-state index contributed by atoms with van der Waals surface area (Å²) in [5, 5.41) is 15.5. The molecule has 0 aliphatic heterocycles. The van der Waals surface area contributed by atoms with Crippen LogP contribution in [0.5, 0.6) is 0 Å². The van der Waals surface area contributed by atoms with E-state index in [1.54, 1.807) is 12.1 Å². The van der Waals surface area contributed by atoms with Crippen LogP contribution in [0.25, 0.3) is 0 Å². The fourth-order valence-corrected chi connectivity index (χ4v) is 2.38. The van der Waals surface area contributed by atoms with Gasteiger partial charge in [0.25, 0.3) is 0 Å². The molecule has 3 N–H and O–H groups in total. The molecule has 22 heavy (non-hydrogen) atoms. The number of halogens is 2. The Morgan fingerprint density at radius 2 is 1.91 bits per heavy atom. The summed E-state index contributed by atoms with van der Waals surface area (Å²) >= 11 is 0. The molecule has 0 spiro atoms. The predicted octanol–water partition coefficient (Wildman–Crippen LogP) is 3.72. The van der Waals surface area contributed by atoms with Gasteiger partial charge in [0.1, 0.15) is 11.6 Å². The summed E-state index contributed by atoms with van der Waals surface area (Å²) in [7, 11) is 0. The van der Waals surface area contributed by atoms with Crippen molar-refractivity contribution >= 4 is 5.69 Å². The molecule has 2 rings (SSSR count). The minimum atomic E-state index is -0.501. The largest absolute Gasteiger partial charge is 0.389 e. The van der Waals surface area contributed by atoms with Crippen molar-refractivity contribution in [1.29, 1.82) is 0 Å². The van der Waals surface area contributed by atoms with Crippen LogP contribution in [0.2, 0.25) is 0 Å². The molecule has 0 heterocycles. The molecule has 122 valence electrons. The van der Waals surface area contributed by atoms with E-state index in [2.05, 4.69) is 10.6 Å². The first-order chi connectivity index (χ1) is 10.6. The maximum absolute atomic E-state index is 12.9. The second-order valence-corrected chi connectivity index (χ2v) is 5.80. The quantitative estimate of drug-likeness (QED) is 0.456. The average Bonchev–Trinajstić information content (AvgIpc) is 3.28. The number of anilines is 1. The highest BCUT2D eigenvalue weighted by atomic mass is 19.1. The van der Waals surface area contributed by atoms with Gasteiger partial charge in [0.15, 0.2) is 0 Å². The Labute approximate surface area is 130 Å². The normalized spacial score (nSPS) is 16.6. The number of aliphatic hydroxyl groups excluding tert-OH is 1. The van der Waals surface area contributed by atoms with Crippen LogP contribution in [0, 0.1) is 5.82 Å². The van der Waals surface area contributed by atoms with E-state index >= 15 is 0 Å². The lowest BCUT2D eigenvalue weighted by molar-refractivity contribution is 0.297. The number of benzene rings is 1. The molecule has 1 fully saturated rings. The fourth-order valence-electron chi connectivity index (χ4n) is 2.38. The molecule has 1 aromatic carbocycles. The third kappa shape index (κ3) is 5.73. The summed E-state index contributed by atoms with van der Waals surface area (Å²) in [5.74, 6) is -0.673. The summed E-state index contributed by atoms with van der Waals surface area (Å²) in [6.45, 7) is 0.402. The van der Waals surface area contributed by atoms with Gasteiger partial charge in [-0.15, -0.1) is 0 Å². The molecule has 0 amide bonds. The van der Waals surface area contributed by atoms with Crippen molar-refractivity contribution in [2.75, 3.05) is 18.5 Å². The lowest BCUT2D eigenvalue weighted by Gasteiger charge is -2.20. The van der Waals surface area contributed by atoms with E-state index in [0.29, 0.717) is 6.42 Å². The zero-order valence-corrected chi connectivity index (χ0v) is 12.7. The molecular formula is C17H24F2N2O. The van der Waals surface area contributed by atoms with Crippen LogP contribution < -0.4 is 10.6 Å². The van der Waals surface area contributed by atoms with Gasteiger partial charge in [-0.2, -0.15) is 0 Å². The summed E-state index contributed by atoms with van der Waals surface area (Å²) in [6, 6.07) is 6.41. The molecule has 0 aromatic heterocycles. The first-order valence-electron chi connectivity index (χ1n) is 7.88. The zero-order valence-electron chi connectivity index (χ0n) is 12.7. The lowest BCUT2D eigenvalue weighted by Crippen LogP contribution is -2.39. The maximum atomic E-state index is 12.9. The molecule has 1 aromatic rings. The number of aliphatic hydroxyl groups is 1. The van der Waals surface area contributed by atoms with Gasteiger partial charge in [0, 0.05) is 5.69 Å². The monoisotopic (exact) mass is 310 g/mol. The van der Waals surface area contributed by atoms with Gasteiger partial charge in [0.05, 0.1) is 12.3 Å². The molecule has 0 radical (unpaired) electrons. The molecule has 0 unspecified atom stereocenters. The molecular weight excluding hydrogens is 286 g/mol. The molecule has 3 nitrogen and oxygen atoms in total. The molecule has 1 aliphatic carbocycles. The molecule has 1 saturated carbocycles. The topological polar surface area (TPSA) is 44.3 Å². The predicted molar refractivity (Wildman–Crippen MR) is 84.7 cm³/mol. The Hall–Kier alpha value is -1.46. The highest BCUT2D eigenvalue weighted by Gasteiger charge is 2.41. The van der Waals surface area contributed by atoms with Crippen LogP contribution in [0.4, 0.5) is 14.5 Å². The number of hydrogen-bond acceptors (Lipinski definition) is 3. The second-order valence-electron chi connectivity index (χ2n) is 5.80. The highest BCUT2D eigenvalue weighted by molar-refractivity contribution is 5.46. The molecule has 1 aliphatic rings. The van der Waals surface area contributed by atoms with E-state index in [1.165, 1.54) is 18.2 Å². The van der Waals surface area contributed by atoms with Crippen LogP contribution in [0.1, 0.15) is 38.5 Å². The molecule has 0 saturated heterocycles. The first-order valence-corrected chi connectivity index (χ1v) is 7.88.